The van der Waals surface area contributed by atoms with Gasteiger partial charge >= 0.3 is 0 Å². The number of nitrogens with one attached hydrogen (secondary N) is 2. The van der Waals surface area contributed by atoms with E-state index in [0.29, 0.717) is 0 Å². The number of quaternary nitrogens is 2. The number of hydrogen-bond donors (Lipinski definition) is 2. The van der Waals surface area contributed by atoms with E-state index in [1.54, 1.807) is 9.80 Å². The summed E-state index contributed by atoms with van der Waals surface area (Å²) in [5, 5.41) is 0. The predicted molar refractivity (Wildman–Crippen MR) is 103 cm³/mol. The second-order valence-corrected chi connectivity index (χ2v) is 7.02. The minimum Gasteiger partial charge on any atom is -0.493 e. The Morgan fingerprint density at radius 1 is 0.800 bits per heavy atom. The maximum atomic E-state index is 6.10. The molecule has 1 aliphatic heterocycles. The molecule has 2 aromatic rings. The van der Waals surface area contributed by atoms with E-state index in [1.807, 2.05) is 0 Å². The summed E-state index contributed by atoms with van der Waals surface area (Å²) in [6.07, 6.45) is 2.39. The summed E-state index contributed by atoms with van der Waals surface area (Å²) in [6, 6.07) is 18.9. The Morgan fingerprint density at radius 3 is 2.24 bits per heavy atom. The van der Waals surface area contributed by atoms with Crippen LogP contribution in [0.2, 0.25) is 0 Å². The normalized spacial score (nSPS) is 20.4. The molecule has 0 bridgehead atoms. The first-order chi connectivity index (χ1) is 12.4. The van der Waals surface area contributed by atoms with Crippen LogP contribution in [0.25, 0.3) is 11.1 Å². The van der Waals surface area contributed by atoms with Crippen molar-refractivity contribution in [3.63, 3.8) is 0 Å². The van der Waals surface area contributed by atoms with Gasteiger partial charge in [-0.15, -0.1) is 0 Å². The van der Waals surface area contributed by atoms with E-state index in [4.69, 9.17) is 4.74 Å². The smallest absolute Gasteiger partial charge is 0.127 e. The number of piperazine rings is 1. The number of unbranched alkanes of at least 4 members (excludes halogenated alkanes) is 1. The standard InChI is InChI=1S/C22H30N2O/c1-2-23-15-17-24(18-16-23)14-8-9-19-25-22-13-7-6-12-21(22)20-10-4-3-5-11-20/h3-7,10-13H,2,8-9,14-19H2,1H3/p+2. The maximum Gasteiger partial charge on any atom is 0.127 e. The molecule has 25 heavy (non-hydrogen) atoms. The Labute approximate surface area is 152 Å². The quantitative estimate of drug-likeness (QED) is 0.694. The zero-order valence-corrected chi connectivity index (χ0v) is 15.5. The van der Waals surface area contributed by atoms with Gasteiger partial charge in [0.2, 0.25) is 0 Å². The third-order valence-corrected chi connectivity index (χ3v) is 5.32. The molecule has 0 aliphatic carbocycles. The second-order valence-electron chi connectivity index (χ2n) is 7.02. The minimum absolute atomic E-state index is 0.809. The molecule has 0 aromatic heterocycles. The van der Waals surface area contributed by atoms with Crippen LogP contribution in [0, 0.1) is 0 Å². The Hall–Kier alpha value is -1.84. The SMILES string of the molecule is CC[NH+]1CC[NH+](CCCCOc2ccccc2-c2ccccc2)CC1. The van der Waals surface area contributed by atoms with Gasteiger partial charge in [0.05, 0.1) is 19.7 Å². The summed E-state index contributed by atoms with van der Waals surface area (Å²) < 4.78 is 6.10. The van der Waals surface area contributed by atoms with Crippen LogP contribution in [0.1, 0.15) is 19.8 Å². The van der Waals surface area contributed by atoms with Crippen molar-refractivity contribution in [2.24, 2.45) is 0 Å². The topological polar surface area (TPSA) is 18.1 Å². The molecule has 0 atom stereocenters. The van der Waals surface area contributed by atoms with Crippen LogP contribution in [0.4, 0.5) is 0 Å². The highest BCUT2D eigenvalue weighted by molar-refractivity contribution is 5.70. The van der Waals surface area contributed by atoms with Crippen molar-refractivity contribution < 1.29 is 14.5 Å². The van der Waals surface area contributed by atoms with Crippen LogP contribution in [0.5, 0.6) is 5.75 Å². The van der Waals surface area contributed by atoms with Crippen molar-refractivity contribution in [3.05, 3.63) is 54.6 Å². The lowest BCUT2D eigenvalue weighted by molar-refractivity contribution is -1.01. The van der Waals surface area contributed by atoms with Crippen LogP contribution >= 0.6 is 0 Å². The highest BCUT2D eigenvalue weighted by atomic mass is 16.5. The van der Waals surface area contributed by atoms with Gasteiger partial charge in [0.1, 0.15) is 31.9 Å². The third-order valence-electron chi connectivity index (χ3n) is 5.32. The predicted octanol–water partition coefficient (Wildman–Crippen LogP) is 1.32. The van der Waals surface area contributed by atoms with Crippen LogP contribution in [0.3, 0.4) is 0 Å². The summed E-state index contributed by atoms with van der Waals surface area (Å²) >= 11 is 0. The summed E-state index contributed by atoms with van der Waals surface area (Å²) in [4.78, 5) is 3.55. The second kappa shape index (κ2) is 9.59. The van der Waals surface area contributed by atoms with Crippen molar-refractivity contribution >= 4 is 0 Å². The molecule has 1 aliphatic rings. The van der Waals surface area contributed by atoms with E-state index in [-0.39, 0.29) is 0 Å². The number of rotatable bonds is 8. The number of hydrogen-bond acceptors (Lipinski definition) is 1. The van der Waals surface area contributed by atoms with Crippen LogP contribution in [0.15, 0.2) is 54.6 Å². The molecular weight excluding hydrogens is 308 g/mol. The average Bonchev–Trinajstić information content (AvgIpc) is 2.69. The van der Waals surface area contributed by atoms with Crippen molar-refractivity contribution in [3.8, 4) is 16.9 Å². The number of benzene rings is 2. The highest BCUT2D eigenvalue weighted by Gasteiger charge is 2.20. The summed E-state index contributed by atoms with van der Waals surface area (Å²) in [7, 11) is 0. The lowest BCUT2D eigenvalue weighted by Gasteiger charge is -2.28. The molecule has 2 N–H and O–H groups in total. The Kier molecular flexibility index (Phi) is 6.89. The molecule has 134 valence electrons. The largest absolute Gasteiger partial charge is 0.493 e. The van der Waals surface area contributed by atoms with Gasteiger partial charge < -0.3 is 14.5 Å². The van der Waals surface area contributed by atoms with E-state index >= 15 is 0 Å². The summed E-state index contributed by atoms with van der Waals surface area (Å²) in [6.45, 7) is 11.0. The van der Waals surface area contributed by atoms with Gasteiger partial charge in [-0.1, -0.05) is 48.5 Å². The van der Waals surface area contributed by atoms with E-state index in [9.17, 15) is 0 Å². The van der Waals surface area contributed by atoms with E-state index in [2.05, 4.69) is 61.5 Å². The molecule has 2 aromatic carbocycles. The Morgan fingerprint density at radius 2 is 1.48 bits per heavy atom. The first-order valence-corrected chi connectivity index (χ1v) is 9.81. The van der Waals surface area contributed by atoms with Crippen LogP contribution < -0.4 is 14.5 Å². The van der Waals surface area contributed by atoms with Crippen LogP contribution in [-0.2, 0) is 0 Å². The molecule has 0 unspecified atom stereocenters. The van der Waals surface area contributed by atoms with Gasteiger partial charge in [-0.2, -0.15) is 0 Å². The fraction of sp³-hybridized carbons (Fsp3) is 0.455. The van der Waals surface area contributed by atoms with Crippen molar-refractivity contribution in [1.82, 2.24) is 0 Å². The summed E-state index contributed by atoms with van der Waals surface area (Å²) in [5.74, 6) is 1.00. The van der Waals surface area contributed by atoms with Gasteiger partial charge in [0.15, 0.2) is 0 Å². The molecule has 0 spiro atoms. The Balaban J connectivity index is 1.41. The zero-order valence-electron chi connectivity index (χ0n) is 15.5. The fourth-order valence-electron chi connectivity index (χ4n) is 3.67. The first-order valence-electron chi connectivity index (χ1n) is 9.81. The summed E-state index contributed by atoms with van der Waals surface area (Å²) in [5.41, 5.74) is 2.41. The van der Waals surface area contributed by atoms with Crippen molar-refractivity contribution in [1.29, 1.82) is 0 Å². The van der Waals surface area contributed by atoms with Crippen molar-refractivity contribution in [2.45, 2.75) is 19.8 Å². The van der Waals surface area contributed by atoms with Gasteiger partial charge in [0.25, 0.3) is 0 Å². The Bertz CT molecular complexity index is 621. The molecule has 1 fully saturated rings. The average molecular weight is 341 g/mol. The highest BCUT2D eigenvalue weighted by Crippen LogP contribution is 2.29. The monoisotopic (exact) mass is 340 g/mol. The number of ether oxygens (including phenoxy) is 1. The molecule has 3 rings (SSSR count). The van der Waals surface area contributed by atoms with Crippen LogP contribution in [-0.4, -0.2) is 45.9 Å². The van der Waals surface area contributed by atoms with Gasteiger partial charge in [0, 0.05) is 5.56 Å². The zero-order chi connectivity index (χ0) is 17.3. The van der Waals surface area contributed by atoms with Gasteiger partial charge in [-0.25, -0.2) is 0 Å². The first kappa shape index (κ1) is 18.0. The van der Waals surface area contributed by atoms with E-state index < -0.39 is 0 Å². The number of para-hydroxylation sites is 1. The fourth-order valence-corrected chi connectivity index (χ4v) is 3.67. The minimum atomic E-state index is 0.809. The molecule has 0 amide bonds. The lowest BCUT2D eigenvalue weighted by atomic mass is 10.1. The molecule has 3 nitrogen and oxygen atoms in total. The molecular formula is C22H32N2O+2. The van der Waals surface area contributed by atoms with E-state index in [1.165, 1.54) is 56.8 Å². The lowest BCUT2D eigenvalue weighted by Crippen LogP contribution is -3.28. The number of likely N-dealkylation sites (N-methyl/N-ethyl adjacent to an activating group) is 1. The molecule has 3 heteroatoms. The third kappa shape index (κ3) is 5.32. The maximum absolute atomic E-state index is 6.10. The van der Waals surface area contributed by atoms with Crippen molar-refractivity contribution in [2.75, 3.05) is 45.9 Å². The molecule has 0 saturated carbocycles. The molecule has 1 heterocycles. The van der Waals surface area contributed by atoms with Gasteiger partial charge in [-0.3, -0.25) is 0 Å². The molecule has 0 radical (unpaired) electrons. The van der Waals surface area contributed by atoms with Gasteiger partial charge in [-0.05, 0) is 31.4 Å². The molecule has 1 saturated heterocycles. The van der Waals surface area contributed by atoms with E-state index in [0.717, 1.165) is 18.8 Å².